The number of aryl methyl sites for hydroxylation is 1. The second kappa shape index (κ2) is 6.66. The van der Waals surface area contributed by atoms with E-state index in [1.165, 1.54) is 17.0 Å². The fourth-order valence-electron chi connectivity index (χ4n) is 2.12. The number of methoxy groups -OCH3 is 1. The number of hydrogen-bond donors (Lipinski definition) is 1. The SMILES string of the molecule is COc1cccc2c(NCCCSC)c(C)cnc12. The zero-order valence-corrected chi connectivity index (χ0v) is 12.5. The molecule has 102 valence electrons. The number of nitrogens with zero attached hydrogens (tertiary/aromatic N) is 1. The Morgan fingerprint density at radius 3 is 2.95 bits per heavy atom. The number of pyridine rings is 1. The Hall–Kier alpha value is -1.42. The maximum atomic E-state index is 5.37. The van der Waals surface area contributed by atoms with Crippen LogP contribution < -0.4 is 10.1 Å². The van der Waals surface area contributed by atoms with Gasteiger partial charge in [-0.3, -0.25) is 4.98 Å². The van der Waals surface area contributed by atoms with Crippen molar-refractivity contribution in [1.29, 1.82) is 0 Å². The summed E-state index contributed by atoms with van der Waals surface area (Å²) in [6.45, 7) is 3.07. The zero-order valence-electron chi connectivity index (χ0n) is 11.7. The summed E-state index contributed by atoms with van der Waals surface area (Å²) < 4.78 is 5.37. The molecule has 0 amide bonds. The molecule has 0 spiro atoms. The molecular weight excluding hydrogens is 256 g/mol. The first-order valence-electron chi connectivity index (χ1n) is 6.43. The maximum absolute atomic E-state index is 5.37. The minimum Gasteiger partial charge on any atom is -0.494 e. The first kappa shape index (κ1) is 14.0. The van der Waals surface area contributed by atoms with E-state index in [0.717, 1.165) is 29.6 Å². The molecule has 4 heteroatoms. The molecule has 0 saturated carbocycles. The van der Waals surface area contributed by atoms with E-state index in [1.54, 1.807) is 7.11 Å². The Morgan fingerprint density at radius 2 is 2.21 bits per heavy atom. The molecule has 0 saturated heterocycles. The van der Waals surface area contributed by atoms with E-state index < -0.39 is 0 Å². The third-order valence-corrected chi connectivity index (χ3v) is 3.79. The number of anilines is 1. The molecule has 0 aliphatic rings. The van der Waals surface area contributed by atoms with Crippen molar-refractivity contribution in [3.05, 3.63) is 30.0 Å². The predicted molar refractivity (Wildman–Crippen MR) is 84.5 cm³/mol. The van der Waals surface area contributed by atoms with Gasteiger partial charge in [0.25, 0.3) is 0 Å². The second-order valence-electron chi connectivity index (χ2n) is 4.45. The minimum atomic E-state index is 0.824. The molecule has 0 fully saturated rings. The molecule has 19 heavy (non-hydrogen) atoms. The third-order valence-electron chi connectivity index (χ3n) is 3.10. The lowest BCUT2D eigenvalue weighted by atomic mass is 10.1. The lowest BCUT2D eigenvalue weighted by Crippen LogP contribution is -2.05. The molecule has 0 radical (unpaired) electrons. The van der Waals surface area contributed by atoms with Gasteiger partial charge in [0.15, 0.2) is 0 Å². The van der Waals surface area contributed by atoms with Crippen LogP contribution in [0.1, 0.15) is 12.0 Å². The van der Waals surface area contributed by atoms with E-state index in [4.69, 9.17) is 4.74 Å². The highest BCUT2D eigenvalue weighted by molar-refractivity contribution is 7.98. The fourth-order valence-corrected chi connectivity index (χ4v) is 2.56. The summed E-state index contributed by atoms with van der Waals surface area (Å²) in [5.74, 6) is 2.00. The Labute approximate surface area is 118 Å². The average Bonchev–Trinajstić information content (AvgIpc) is 2.44. The van der Waals surface area contributed by atoms with Crippen LogP contribution in [0.25, 0.3) is 10.9 Å². The lowest BCUT2D eigenvalue weighted by Gasteiger charge is -2.13. The van der Waals surface area contributed by atoms with Crippen molar-refractivity contribution in [3.8, 4) is 5.75 Å². The van der Waals surface area contributed by atoms with Crippen molar-refractivity contribution < 1.29 is 4.74 Å². The average molecular weight is 276 g/mol. The van der Waals surface area contributed by atoms with Gasteiger partial charge in [0.2, 0.25) is 0 Å². The van der Waals surface area contributed by atoms with Gasteiger partial charge in [-0.25, -0.2) is 0 Å². The van der Waals surface area contributed by atoms with Gasteiger partial charge in [0.1, 0.15) is 11.3 Å². The van der Waals surface area contributed by atoms with Gasteiger partial charge >= 0.3 is 0 Å². The number of hydrogen-bond acceptors (Lipinski definition) is 4. The summed E-state index contributed by atoms with van der Waals surface area (Å²) in [5, 5.41) is 4.66. The van der Waals surface area contributed by atoms with Gasteiger partial charge in [-0.1, -0.05) is 12.1 Å². The number of aromatic nitrogens is 1. The first-order valence-corrected chi connectivity index (χ1v) is 7.82. The summed E-state index contributed by atoms with van der Waals surface area (Å²) in [5.41, 5.74) is 3.26. The molecule has 2 rings (SSSR count). The number of benzene rings is 1. The minimum absolute atomic E-state index is 0.824. The number of rotatable bonds is 6. The van der Waals surface area contributed by atoms with E-state index in [1.807, 2.05) is 30.1 Å². The normalized spacial score (nSPS) is 10.7. The quantitative estimate of drug-likeness (QED) is 0.815. The van der Waals surface area contributed by atoms with E-state index >= 15 is 0 Å². The molecule has 0 aliphatic carbocycles. The number of ether oxygens (including phenoxy) is 1. The molecule has 0 unspecified atom stereocenters. The van der Waals surface area contributed by atoms with Crippen LogP contribution in [-0.2, 0) is 0 Å². The van der Waals surface area contributed by atoms with Crippen molar-refractivity contribution in [2.24, 2.45) is 0 Å². The Morgan fingerprint density at radius 1 is 1.37 bits per heavy atom. The van der Waals surface area contributed by atoms with Crippen molar-refractivity contribution >= 4 is 28.4 Å². The maximum Gasteiger partial charge on any atom is 0.145 e. The second-order valence-corrected chi connectivity index (χ2v) is 5.43. The smallest absolute Gasteiger partial charge is 0.145 e. The zero-order chi connectivity index (χ0) is 13.7. The van der Waals surface area contributed by atoms with E-state index in [-0.39, 0.29) is 0 Å². The Kier molecular flexibility index (Phi) is 4.91. The third kappa shape index (κ3) is 3.13. The van der Waals surface area contributed by atoms with E-state index in [2.05, 4.69) is 29.5 Å². The Bertz CT molecular complexity index is 557. The molecule has 2 aromatic rings. The van der Waals surface area contributed by atoms with Gasteiger partial charge in [-0.15, -0.1) is 0 Å². The van der Waals surface area contributed by atoms with Gasteiger partial charge in [-0.05, 0) is 37.0 Å². The lowest BCUT2D eigenvalue weighted by molar-refractivity contribution is 0.419. The summed E-state index contributed by atoms with van der Waals surface area (Å²) in [4.78, 5) is 4.49. The molecule has 0 atom stereocenters. The molecule has 0 bridgehead atoms. The van der Waals surface area contributed by atoms with Crippen LogP contribution >= 0.6 is 11.8 Å². The number of para-hydroxylation sites is 1. The summed E-state index contributed by atoms with van der Waals surface area (Å²) >= 11 is 1.88. The van der Waals surface area contributed by atoms with Crippen LogP contribution in [0.3, 0.4) is 0 Å². The van der Waals surface area contributed by atoms with E-state index in [0.29, 0.717) is 0 Å². The molecular formula is C15H20N2OS. The highest BCUT2D eigenvalue weighted by Crippen LogP contribution is 2.30. The number of fused-ring (bicyclic) bond motifs is 1. The Balaban J connectivity index is 2.33. The first-order chi connectivity index (χ1) is 9.27. The molecule has 1 N–H and O–H groups in total. The van der Waals surface area contributed by atoms with Gasteiger partial charge in [0, 0.05) is 23.8 Å². The van der Waals surface area contributed by atoms with Crippen molar-refractivity contribution in [3.63, 3.8) is 0 Å². The topological polar surface area (TPSA) is 34.1 Å². The largest absolute Gasteiger partial charge is 0.494 e. The molecule has 1 aromatic heterocycles. The summed E-state index contributed by atoms with van der Waals surface area (Å²) in [6.07, 6.45) is 5.20. The van der Waals surface area contributed by atoms with Crippen LogP contribution in [0.15, 0.2) is 24.4 Å². The number of thioether (sulfide) groups is 1. The van der Waals surface area contributed by atoms with E-state index in [9.17, 15) is 0 Å². The van der Waals surface area contributed by atoms with Gasteiger partial charge < -0.3 is 10.1 Å². The molecule has 1 heterocycles. The van der Waals surface area contributed by atoms with Gasteiger partial charge in [0.05, 0.1) is 7.11 Å². The van der Waals surface area contributed by atoms with Crippen LogP contribution in [0.4, 0.5) is 5.69 Å². The van der Waals surface area contributed by atoms with Crippen molar-refractivity contribution in [1.82, 2.24) is 4.98 Å². The summed E-state index contributed by atoms with van der Waals surface area (Å²) in [6, 6.07) is 6.05. The standard InChI is InChI=1S/C15H20N2OS/c1-11-10-17-15-12(6-4-7-13(15)18-2)14(11)16-8-5-9-19-3/h4,6-7,10H,5,8-9H2,1-3H3,(H,16,17). The van der Waals surface area contributed by atoms with Crippen LogP contribution in [0, 0.1) is 6.92 Å². The highest BCUT2D eigenvalue weighted by Gasteiger charge is 2.08. The molecule has 0 aliphatic heterocycles. The van der Waals surface area contributed by atoms with Crippen LogP contribution in [0.5, 0.6) is 5.75 Å². The van der Waals surface area contributed by atoms with Crippen LogP contribution in [-0.4, -0.2) is 30.6 Å². The van der Waals surface area contributed by atoms with Gasteiger partial charge in [-0.2, -0.15) is 11.8 Å². The van der Waals surface area contributed by atoms with Crippen LogP contribution in [0.2, 0.25) is 0 Å². The molecule has 1 aromatic carbocycles. The number of nitrogens with one attached hydrogen (secondary N) is 1. The highest BCUT2D eigenvalue weighted by atomic mass is 32.2. The molecule has 3 nitrogen and oxygen atoms in total. The van der Waals surface area contributed by atoms with Crippen molar-refractivity contribution in [2.75, 3.05) is 31.0 Å². The monoisotopic (exact) mass is 276 g/mol. The summed E-state index contributed by atoms with van der Waals surface area (Å²) in [7, 11) is 1.68. The van der Waals surface area contributed by atoms with Crippen molar-refractivity contribution in [2.45, 2.75) is 13.3 Å². The fraction of sp³-hybridized carbons (Fsp3) is 0.400. The predicted octanol–water partition coefficient (Wildman–Crippen LogP) is 3.72.